The minimum absolute atomic E-state index is 0.0781. The van der Waals surface area contributed by atoms with Gasteiger partial charge in [0.1, 0.15) is 5.82 Å². The molecule has 1 atom stereocenters. The van der Waals surface area contributed by atoms with Crippen molar-refractivity contribution in [2.24, 2.45) is 7.05 Å². The van der Waals surface area contributed by atoms with Crippen LogP contribution >= 0.6 is 0 Å². The highest BCUT2D eigenvalue weighted by molar-refractivity contribution is 6.21. The maximum absolute atomic E-state index is 14.0. The van der Waals surface area contributed by atoms with E-state index >= 15 is 0 Å². The van der Waals surface area contributed by atoms with E-state index in [1.54, 1.807) is 31.3 Å². The maximum Gasteiger partial charge on any atom is 0.332 e. The number of imidazole rings is 1. The Hall–Kier alpha value is -5.13. The number of nitrogens with zero attached hydrogens (tertiary/aromatic N) is 8. The molecule has 0 bridgehead atoms. The molecule has 5 aromatic rings. The zero-order valence-corrected chi connectivity index (χ0v) is 24.9. The van der Waals surface area contributed by atoms with Gasteiger partial charge in [0, 0.05) is 37.8 Å². The van der Waals surface area contributed by atoms with E-state index in [4.69, 9.17) is 4.98 Å². The summed E-state index contributed by atoms with van der Waals surface area (Å²) in [5, 5.41) is 0.915. The minimum atomic E-state index is -0.507. The van der Waals surface area contributed by atoms with E-state index in [2.05, 4.69) is 9.97 Å². The van der Waals surface area contributed by atoms with Crippen LogP contribution in [0.3, 0.4) is 0 Å². The van der Waals surface area contributed by atoms with Crippen LogP contribution in [0, 0.1) is 6.92 Å². The predicted octanol–water partition coefficient (Wildman–Crippen LogP) is 2.87. The number of aryl methyl sites for hydroxylation is 3. The van der Waals surface area contributed by atoms with Crippen molar-refractivity contribution in [2.45, 2.75) is 52.2 Å². The summed E-state index contributed by atoms with van der Waals surface area (Å²) in [4.78, 5) is 71.5. The van der Waals surface area contributed by atoms with Crippen LogP contribution < -0.4 is 16.1 Å². The average Bonchev–Trinajstić information content (AvgIpc) is 3.53. The zero-order valence-electron chi connectivity index (χ0n) is 24.9. The van der Waals surface area contributed by atoms with Crippen molar-refractivity contribution in [1.29, 1.82) is 0 Å². The molecule has 0 radical (unpaired) electrons. The summed E-state index contributed by atoms with van der Waals surface area (Å²) in [7, 11) is 1.61. The van der Waals surface area contributed by atoms with Gasteiger partial charge in [0.2, 0.25) is 5.95 Å². The number of carbonyl (C=O) groups excluding carboxylic acids is 2. The number of anilines is 1. The number of rotatable bonds is 6. The molecule has 2 aliphatic heterocycles. The molecule has 7 rings (SSSR count). The third kappa shape index (κ3) is 4.23. The van der Waals surface area contributed by atoms with Crippen LogP contribution in [0.1, 0.15) is 58.4 Å². The molecule has 0 N–H and O–H groups in total. The molecular weight excluding hydrogens is 560 g/mol. The van der Waals surface area contributed by atoms with Crippen molar-refractivity contribution in [3.8, 4) is 0 Å². The first-order valence-electron chi connectivity index (χ1n) is 14.9. The number of amides is 2. The van der Waals surface area contributed by atoms with Crippen LogP contribution in [0.2, 0.25) is 0 Å². The molecule has 2 aromatic carbocycles. The molecule has 12 nitrogen and oxygen atoms in total. The number of para-hydroxylation sites is 1. The van der Waals surface area contributed by atoms with Crippen LogP contribution in [0.25, 0.3) is 22.1 Å². The van der Waals surface area contributed by atoms with E-state index < -0.39 is 11.2 Å². The van der Waals surface area contributed by atoms with Crippen molar-refractivity contribution in [2.75, 3.05) is 18.0 Å². The van der Waals surface area contributed by atoms with Gasteiger partial charge in [-0.1, -0.05) is 37.3 Å². The molecule has 0 aliphatic carbocycles. The Kier molecular flexibility index (Phi) is 6.64. The number of hydrogen-bond donors (Lipinski definition) is 0. The molecule has 0 saturated carbocycles. The van der Waals surface area contributed by atoms with Crippen molar-refractivity contribution < 1.29 is 9.59 Å². The van der Waals surface area contributed by atoms with Crippen molar-refractivity contribution in [3.05, 3.63) is 92.0 Å². The lowest BCUT2D eigenvalue weighted by Crippen LogP contribution is -2.50. The number of imide groups is 1. The van der Waals surface area contributed by atoms with Crippen LogP contribution in [0.15, 0.2) is 58.1 Å². The van der Waals surface area contributed by atoms with Gasteiger partial charge in [0.25, 0.3) is 17.4 Å². The summed E-state index contributed by atoms with van der Waals surface area (Å²) in [5.41, 5.74) is 2.01. The SMILES string of the molecule is CCCn1c(N2CCCC(N3C(=O)c4ccccc4C3=O)C2)nc2c1c(=O)n(Cc1nc(C)c3ccccc3n1)c(=O)n2C. The van der Waals surface area contributed by atoms with E-state index in [0.717, 1.165) is 29.4 Å². The zero-order chi connectivity index (χ0) is 30.7. The number of aromatic nitrogens is 6. The fraction of sp³-hybridized carbons (Fsp3) is 0.344. The van der Waals surface area contributed by atoms with Gasteiger partial charge in [-0.2, -0.15) is 4.98 Å². The van der Waals surface area contributed by atoms with Gasteiger partial charge < -0.3 is 9.47 Å². The topological polar surface area (TPSA) is 128 Å². The van der Waals surface area contributed by atoms with Gasteiger partial charge >= 0.3 is 5.69 Å². The molecule has 2 aliphatic rings. The van der Waals surface area contributed by atoms with Crippen molar-refractivity contribution in [1.82, 2.24) is 33.6 Å². The Bertz CT molecular complexity index is 2070. The molecule has 0 spiro atoms. The summed E-state index contributed by atoms with van der Waals surface area (Å²) in [6, 6.07) is 14.2. The van der Waals surface area contributed by atoms with E-state index in [1.165, 1.54) is 14.0 Å². The van der Waals surface area contributed by atoms with Gasteiger partial charge in [-0.15, -0.1) is 0 Å². The lowest BCUT2D eigenvalue weighted by molar-refractivity contribution is 0.0569. The maximum atomic E-state index is 14.0. The van der Waals surface area contributed by atoms with Crippen LogP contribution in [-0.2, 0) is 20.1 Å². The first kappa shape index (κ1) is 27.7. The Morgan fingerprint density at radius 2 is 1.59 bits per heavy atom. The number of hydrogen-bond acceptors (Lipinski definition) is 8. The summed E-state index contributed by atoms with van der Waals surface area (Å²) in [6.07, 6.45) is 2.13. The molecule has 1 unspecified atom stereocenters. The molecule has 1 saturated heterocycles. The summed E-state index contributed by atoms with van der Waals surface area (Å²) < 4.78 is 4.43. The molecule has 12 heteroatoms. The van der Waals surface area contributed by atoms with Gasteiger partial charge in [-0.3, -0.25) is 28.4 Å². The highest BCUT2D eigenvalue weighted by Crippen LogP contribution is 2.30. The van der Waals surface area contributed by atoms with Gasteiger partial charge in [0.05, 0.1) is 29.2 Å². The molecule has 3 aromatic heterocycles. The standard InChI is InChI=1S/C32H32N8O4/c1-4-15-38-26-27(36(3)32(44)39(30(26)43)18-25-33-19(2)21-11-7-8-14-24(21)34-25)35-31(38)37-16-9-10-20(17-37)40-28(41)22-12-5-6-13-23(22)29(40)42/h5-8,11-14,20H,4,9-10,15-18H2,1-3H3. The van der Waals surface area contributed by atoms with Crippen molar-refractivity contribution in [3.63, 3.8) is 0 Å². The number of carbonyl (C=O) groups is 2. The lowest BCUT2D eigenvalue weighted by atomic mass is 10.0. The molecule has 224 valence electrons. The largest absolute Gasteiger partial charge is 0.340 e. The number of benzene rings is 2. The average molecular weight is 593 g/mol. The van der Waals surface area contributed by atoms with E-state index in [1.807, 2.05) is 47.6 Å². The number of piperidine rings is 1. The highest BCUT2D eigenvalue weighted by atomic mass is 16.2. The summed E-state index contributed by atoms with van der Waals surface area (Å²) in [6.45, 7) is 5.34. The lowest BCUT2D eigenvalue weighted by Gasteiger charge is -2.37. The smallest absolute Gasteiger partial charge is 0.332 e. The second-order valence-corrected chi connectivity index (χ2v) is 11.5. The predicted molar refractivity (Wildman–Crippen MR) is 165 cm³/mol. The Labute approximate surface area is 252 Å². The third-order valence-electron chi connectivity index (χ3n) is 8.67. The first-order valence-corrected chi connectivity index (χ1v) is 14.9. The molecule has 1 fully saturated rings. The summed E-state index contributed by atoms with van der Waals surface area (Å²) >= 11 is 0. The van der Waals surface area contributed by atoms with Crippen LogP contribution in [0.5, 0.6) is 0 Å². The van der Waals surface area contributed by atoms with E-state index in [9.17, 15) is 19.2 Å². The highest BCUT2D eigenvalue weighted by Gasteiger charge is 2.41. The fourth-order valence-corrected chi connectivity index (χ4v) is 6.57. The molecule has 44 heavy (non-hydrogen) atoms. The fourth-order valence-electron chi connectivity index (χ4n) is 6.57. The Balaban J connectivity index is 1.28. The van der Waals surface area contributed by atoms with Gasteiger partial charge in [0.15, 0.2) is 11.2 Å². The second-order valence-electron chi connectivity index (χ2n) is 11.5. The minimum Gasteiger partial charge on any atom is -0.340 e. The molecule has 2 amide bonds. The first-order chi connectivity index (χ1) is 21.3. The van der Waals surface area contributed by atoms with Crippen LogP contribution in [-0.4, -0.2) is 64.5 Å². The number of fused-ring (bicyclic) bond motifs is 3. The monoisotopic (exact) mass is 592 g/mol. The van der Waals surface area contributed by atoms with E-state index in [-0.39, 0.29) is 30.0 Å². The van der Waals surface area contributed by atoms with E-state index in [0.29, 0.717) is 54.5 Å². The second kappa shape index (κ2) is 10.5. The van der Waals surface area contributed by atoms with Crippen molar-refractivity contribution >= 4 is 39.8 Å². The Morgan fingerprint density at radius 3 is 2.32 bits per heavy atom. The quantitative estimate of drug-likeness (QED) is 0.276. The normalized spacial score (nSPS) is 16.8. The van der Waals surface area contributed by atoms with Crippen LogP contribution in [0.4, 0.5) is 5.95 Å². The Morgan fingerprint density at radius 1 is 0.886 bits per heavy atom. The summed E-state index contributed by atoms with van der Waals surface area (Å²) in [5.74, 6) is 0.360. The van der Waals surface area contributed by atoms with Gasteiger partial charge in [-0.25, -0.2) is 14.8 Å². The molecular formula is C32H32N8O4. The molecule has 5 heterocycles. The van der Waals surface area contributed by atoms with Gasteiger partial charge in [-0.05, 0) is 44.4 Å². The third-order valence-corrected chi connectivity index (χ3v) is 8.67.